The van der Waals surface area contributed by atoms with Crippen LogP contribution in [0.3, 0.4) is 0 Å². The van der Waals surface area contributed by atoms with Crippen LogP contribution < -0.4 is 5.32 Å². The Morgan fingerprint density at radius 3 is 1.17 bits per heavy atom. The molecule has 92 heavy (non-hydrogen) atoms. The van der Waals surface area contributed by atoms with Gasteiger partial charge in [-0.15, -0.1) is 0 Å². The van der Waals surface area contributed by atoms with E-state index in [1.807, 2.05) is 6.08 Å². The van der Waals surface area contributed by atoms with Crippen molar-refractivity contribution in [3.8, 4) is 0 Å². The van der Waals surface area contributed by atoms with Crippen molar-refractivity contribution >= 4 is 11.9 Å². The fourth-order valence-electron chi connectivity index (χ4n) is 12.0. The monoisotopic (exact) mass is 1290 g/mol. The summed E-state index contributed by atoms with van der Waals surface area (Å²) in [5.74, 6) is -1.19. The fourth-order valence-corrected chi connectivity index (χ4v) is 12.0. The van der Waals surface area contributed by atoms with Gasteiger partial charge < -0.3 is 45.1 Å². The SMILES string of the molecule is CC/C=C\C/C=C\C/C=C\C/C=C\C/C=C\C/C=C\CCCCCCCCCCC(=O)OC1C(OCC(NC(=O)C(O)CCCCCCCCCCCCCCCCCCCCCCCCCC)C(O)/C=C/CCCCCCCCCCCC)OC(CO)C(O)C1O. The number of ether oxygens (including phenoxy) is 3. The van der Waals surface area contributed by atoms with E-state index in [0.29, 0.717) is 19.3 Å². The third kappa shape index (κ3) is 54.0. The average Bonchev–Trinajstić information content (AvgIpc) is 0.875. The smallest absolute Gasteiger partial charge is 0.306 e. The first kappa shape index (κ1) is 86.9. The van der Waals surface area contributed by atoms with Crippen LogP contribution in [0.2, 0.25) is 0 Å². The average molecular weight is 1290 g/mol. The summed E-state index contributed by atoms with van der Waals surface area (Å²) in [4.78, 5) is 26.8. The van der Waals surface area contributed by atoms with E-state index in [4.69, 9.17) is 14.2 Å². The van der Waals surface area contributed by atoms with Crippen molar-refractivity contribution in [3.05, 3.63) is 85.1 Å². The Labute approximate surface area is 565 Å². The lowest BCUT2D eigenvalue weighted by atomic mass is 9.99. The molecule has 1 saturated heterocycles. The summed E-state index contributed by atoms with van der Waals surface area (Å²) >= 11 is 0. The van der Waals surface area contributed by atoms with E-state index in [2.05, 4.69) is 99.0 Å². The number of carbonyl (C=O) groups excluding carboxylic acids is 2. The predicted molar refractivity (Wildman–Crippen MR) is 389 cm³/mol. The van der Waals surface area contributed by atoms with Crippen LogP contribution in [0.25, 0.3) is 0 Å². The quantitative estimate of drug-likeness (QED) is 0.0195. The van der Waals surface area contributed by atoms with Crippen molar-refractivity contribution in [2.45, 2.75) is 404 Å². The Morgan fingerprint density at radius 1 is 0.435 bits per heavy atom. The minimum Gasteiger partial charge on any atom is -0.454 e. The number of hydrogen-bond acceptors (Lipinski definition) is 10. The summed E-state index contributed by atoms with van der Waals surface area (Å²) in [5, 5.41) is 57.4. The lowest BCUT2D eigenvalue weighted by Gasteiger charge is -2.41. The minimum absolute atomic E-state index is 0.111. The summed E-state index contributed by atoms with van der Waals surface area (Å²) in [7, 11) is 0. The largest absolute Gasteiger partial charge is 0.454 e. The molecule has 8 unspecified atom stereocenters. The van der Waals surface area contributed by atoms with Crippen LogP contribution in [0.1, 0.15) is 355 Å². The number of unbranched alkanes of at least 4 members (excludes halogenated alkanes) is 41. The van der Waals surface area contributed by atoms with Crippen molar-refractivity contribution in [3.63, 3.8) is 0 Å². The first-order chi connectivity index (χ1) is 45.2. The molecule has 1 fully saturated rings. The van der Waals surface area contributed by atoms with Gasteiger partial charge in [0.05, 0.1) is 25.4 Å². The van der Waals surface area contributed by atoms with Gasteiger partial charge in [0.15, 0.2) is 12.4 Å². The van der Waals surface area contributed by atoms with Crippen LogP contribution in [0.4, 0.5) is 0 Å². The zero-order valence-corrected chi connectivity index (χ0v) is 59.7. The highest BCUT2D eigenvalue weighted by molar-refractivity contribution is 5.80. The van der Waals surface area contributed by atoms with Gasteiger partial charge >= 0.3 is 5.97 Å². The first-order valence-electron chi connectivity index (χ1n) is 38.9. The number of allylic oxidation sites excluding steroid dienone is 13. The first-order valence-corrected chi connectivity index (χ1v) is 38.9. The van der Waals surface area contributed by atoms with Crippen molar-refractivity contribution in [2.24, 2.45) is 0 Å². The highest BCUT2D eigenvalue weighted by Gasteiger charge is 2.47. The second-order valence-corrected chi connectivity index (χ2v) is 26.7. The molecule has 534 valence electrons. The van der Waals surface area contributed by atoms with Gasteiger partial charge in [0.2, 0.25) is 5.91 Å². The predicted octanol–water partition coefficient (Wildman–Crippen LogP) is 20.8. The fraction of sp³-hybridized carbons (Fsp3) is 0.802. The third-order valence-electron chi connectivity index (χ3n) is 18.1. The molecule has 1 rings (SSSR count). The van der Waals surface area contributed by atoms with E-state index in [0.717, 1.165) is 109 Å². The number of amides is 1. The Hall–Kier alpha value is -3.16. The molecule has 0 radical (unpaired) electrons. The highest BCUT2D eigenvalue weighted by Crippen LogP contribution is 2.27. The molecule has 11 heteroatoms. The van der Waals surface area contributed by atoms with Gasteiger partial charge in [-0.25, -0.2) is 0 Å². The number of hydrogen-bond donors (Lipinski definition) is 6. The standard InChI is InChI=1S/C81H145NO10/c1-4-7-10-13-16-19-22-25-27-29-31-33-35-37-38-39-41-43-45-47-49-51-54-57-60-63-66-69-76(86)92-79-78(88)77(87)75(70-83)91-81(79)90-71-72(73(84)67-64-61-58-55-52-24-21-18-15-12-9-6-3)82-80(89)74(85)68-65-62-59-56-53-50-48-46-44-42-40-36-34-32-30-28-26-23-20-17-14-11-8-5-2/h7,10,16,19,25,27,31,33,37-38,41,43,64,67,72-75,77-79,81,83-85,87-88H,4-6,8-9,11-15,17-18,20-24,26,28-30,32,34-36,39-40,42,44-63,65-66,68-71H2,1-3H3,(H,82,89)/b10-7-,19-16-,27-25-,33-31-,38-37-,43-41-,67-64+. The van der Waals surface area contributed by atoms with Crippen molar-refractivity contribution in [2.75, 3.05) is 13.2 Å². The Kier molecular flexibility index (Phi) is 64.0. The lowest BCUT2D eigenvalue weighted by molar-refractivity contribution is -0.305. The molecule has 11 nitrogen and oxygen atoms in total. The highest BCUT2D eigenvalue weighted by atomic mass is 16.7. The van der Waals surface area contributed by atoms with Gasteiger partial charge in [-0.05, 0) is 77.0 Å². The maximum Gasteiger partial charge on any atom is 0.306 e. The summed E-state index contributed by atoms with van der Waals surface area (Å²) in [5.41, 5.74) is 0. The van der Waals surface area contributed by atoms with Crippen LogP contribution in [0.5, 0.6) is 0 Å². The number of aliphatic hydroxyl groups is 5. The molecule has 0 saturated carbocycles. The molecule has 1 aliphatic heterocycles. The normalized spacial score (nSPS) is 18.4. The molecule has 8 atom stereocenters. The van der Waals surface area contributed by atoms with Gasteiger partial charge in [-0.3, -0.25) is 9.59 Å². The van der Waals surface area contributed by atoms with E-state index in [-0.39, 0.29) is 13.0 Å². The van der Waals surface area contributed by atoms with E-state index in [9.17, 15) is 35.1 Å². The molecule has 0 aliphatic carbocycles. The molecule has 0 bridgehead atoms. The van der Waals surface area contributed by atoms with E-state index in [1.54, 1.807) is 6.08 Å². The molecule has 1 heterocycles. The van der Waals surface area contributed by atoms with Crippen molar-refractivity contribution in [1.29, 1.82) is 0 Å². The zero-order valence-electron chi connectivity index (χ0n) is 59.7. The number of nitrogens with one attached hydrogen (secondary N) is 1. The maximum atomic E-state index is 13.5. The van der Waals surface area contributed by atoms with Crippen LogP contribution in [0, 0.1) is 0 Å². The molecule has 0 aromatic rings. The molecule has 1 aliphatic rings. The molecular weight excluding hydrogens is 1150 g/mol. The molecular formula is C81H145NO10. The van der Waals surface area contributed by atoms with E-state index < -0.39 is 67.4 Å². The summed E-state index contributed by atoms with van der Waals surface area (Å²) in [6.45, 7) is 5.72. The Morgan fingerprint density at radius 2 is 0.783 bits per heavy atom. The Bertz CT molecular complexity index is 1830. The molecule has 6 N–H and O–H groups in total. The summed E-state index contributed by atoms with van der Waals surface area (Å²) in [6.07, 6.45) is 80.6. The number of rotatable bonds is 67. The lowest BCUT2D eigenvalue weighted by Crippen LogP contribution is -2.61. The van der Waals surface area contributed by atoms with Crippen LogP contribution in [0.15, 0.2) is 85.1 Å². The van der Waals surface area contributed by atoms with E-state index in [1.165, 1.54) is 199 Å². The van der Waals surface area contributed by atoms with Crippen LogP contribution in [-0.4, -0.2) is 99.6 Å². The molecule has 0 aromatic heterocycles. The Balaban J connectivity index is 2.52. The van der Waals surface area contributed by atoms with Gasteiger partial charge in [-0.1, -0.05) is 356 Å². The van der Waals surface area contributed by atoms with Crippen molar-refractivity contribution in [1.82, 2.24) is 5.32 Å². The van der Waals surface area contributed by atoms with Gasteiger partial charge in [-0.2, -0.15) is 0 Å². The zero-order chi connectivity index (χ0) is 66.7. The van der Waals surface area contributed by atoms with E-state index >= 15 is 0 Å². The molecule has 0 aromatic carbocycles. The van der Waals surface area contributed by atoms with Gasteiger partial charge in [0.1, 0.15) is 24.4 Å². The maximum absolute atomic E-state index is 13.5. The summed E-state index contributed by atoms with van der Waals surface area (Å²) in [6, 6.07) is -1.03. The summed E-state index contributed by atoms with van der Waals surface area (Å²) < 4.78 is 17.7. The molecule has 0 spiro atoms. The minimum atomic E-state index is -1.62. The second-order valence-electron chi connectivity index (χ2n) is 26.7. The molecule has 1 amide bonds. The van der Waals surface area contributed by atoms with Gasteiger partial charge in [0.25, 0.3) is 0 Å². The second kappa shape index (κ2) is 67.8. The van der Waals surface area contributed by atoms with Crippen LogP contribution >= 0.6 is 0 Å². The number of aliphatic hydroxyl groups excluding tert-OH is 5. The van der Waals surface area contributed by atoms with Crippen LogP contribution in [-0.2, 0) is 23.8 Å². The topological polar surface area (TPSA) is 175 Å². The number of esters is 1. The number of carbonyl (C=O) groups is 2. The van der Waals surface area contributed by atoms with Gasteiger partial charge in [0, 0.05) is 6.42 Å². The van der Waals surface area contributed by atoms with Crippen molar-refractivity contribution < 1.29 is 49.3 Å². The third-order valence-corrected chi connectivity index (χ3v) is 18.1.